The summed E-state index contributed by atoms with van der Waals surface area (Å²) >= 11 is 0. The summed E-state index contributed by atoms with van der Waals surface area (Å²) in [6.45, 7) is 1.95. The average Bonchev–Trinajstić information content (AvgIpc) is 3.36. The second-order valence-electron chi connectivity index (χ2n) is 10.5. The summed E-state index contributed by atoms with van der Waals surface area (Å²) in [6, 6.07) is 20.2. The fourth-order valence-corrected chi connectivity index (χ4v) is 5.36. The van der Waals surface area contributed by atoms with E-state index >= 15 is 0 Å². The Morgan fingerprint density at radius 3 is 2.46 bits per heavy atom. The van der Waals surface area contributed by atoms with Gasteiger partial charge in [0.1, 0.15) is 5.82 Å². The van der Waals surface area contributed by atoms with Crippen molar-refractivity contribution in [2.24, 2.45) is 5.41 Å². The number of aryl methyl sites for hydroxylation is 1. The highest BCUT2D eigenvalue weighted by Gasteiger charge is 2.42. The maximum atomic E-state index is 13.4. The number of nitrogens with zero attached hydrogens (tertiary/aromatic N) is 5. The average molecular weight is 501 g/mol. The molecule has 1 saturated carbocycles. The molecule has 2 N–H and O–H groups in total. The number of aliphatic hydroxyl groups is 1. The molecule has 2 heterocycles. The summed E-state index contributed by atoms with van der Waals surface area (Å²) in [6.07, 6.45) is 10.4. The molecule has 1 unspecified atom stereocenters. The molecule has 2 aromatic carbocycles. The van der Waals surface area contributed by atoms with E-state index < -0.39 is 6.10 Å². The van der Waals surface area contributed by atoms with Gasteiger partial charge in [0.05, 0.1) is 12.1 Å². The molecule has 1 aromatic heterocycles. The summed E-state index contributed by atoms with van der Waals surface area (Å²) < 4.78 is 0. The molecular formula is C29H36N6O2. The summed E-state index contributed by atoms with van der Waals surface area (Å²) in [5.74, 6) is 0.844. The molecule has 8 nitrogen and oxygen atoms in total. The van der Waals surface area contributed by atoms with Gasteiger partial charge in [-0.05, 0) is 59.1 Å². The van der Waals surface area contributed by atoms with E-state index in [-0.39, 0.29) is 12.1 Å². The number of carbonyl (C=O) groups is 1. The SMILES string of the molecule is O=C1N(Cc2ccccc2)C[C@H](C=CC(O)Cc2ccccc2)N1CCCC1(CCc2nnn[nH]2)CC1. The van der Waals surface area contributed by atoms with Crippen LogP contribution in [0.2, 0.25) is 0 Å². The molecule has 0 spiro atoms. The van der Waals surface area contributed by atoms with Crippen molar-refractivity contribution in [2.45, 2.75) is 63.6 Å². The summed E-state index contributed by atoms with van der Waals surface area (Å²) in [5, 5.41) is 24.8. The van der Waals surface area contributed by atoms with E-state index in [9.17, 15) is 9.90 Å². The molecule has 0 bridgehead atoms. The van der Waals surface area contributed by atoms with Crippen molar-refractivity contribution in [1.82, 2.24) is 30.4 Å². The summed E-state index contributed by atoms with van der Waals surface area (Å²) in [7, 11) is 0. The molecule has 8 heteroatoms. The molecule has 3 aromatic rings. The third-order valence-corrected chi connectivity index (χ3v) is 7.73. The van der Waals surface area contributed by atoms with E-state index in [0.29, 0.717) is 24.9 Å². The van der Waals surface area contributed by atoms with Crippen molar-refractivity contribution < 1.29 is 9.90 Å². The van der Waals surface area contributed by atoms with Crippen LogP contribution in [-0.2, 0) is 19.4 Å². The standard InChI is InChI=1S/C29H36N6O2/c36-26(20-23-8-3-1-4-9-23)13-12-25-22-34(21-24-10-5-2-6-11-24)28(37)35(25)19-7-15-29(17-18-29)16-14-27-30-32-33-31-27/h1-6,8-13,25-26,36H,7,14-22H2,(H,30,31,32,33)/t25-,26?/m0/s1. The normalized spacial score (nSPS) is 19.6. The van der Waals surface area contributed by atoms with Crippen LogP contribution in [0.25, 0.3) is 0 Å². The van der Waals surface area contributed by atoms with Gasteiger partial charge in [0.15, 0.2) is 0 Å². The van der Waals surface area contributed by atoms with Crippen molar-refractivity contribution in [3.8, 4) is 0 Å². The van der Waals surface area contributed by atoms with Crippen molar-refractivity contribution in [3.05, 3.63) is 89.8 Å². The highest BCUT2D eigenvalue weighted by molar-refractivity contribution is 5.77. The molecule has 194 valence electrons. The molecule has 1 aliphatic carbocycles. The molecule has 2 atom stereocenters. The lowest BCUT2D eigenvalue weighted by molar-refractivity contribution is 0.185. The number of urea groups is 1. The van der Waals surface area contributed by atoms with E-state index in [1.54, 1.807) is 0 Å². The topological polar surface area (TPSA) is 98.2 Å². The Labute approximate surface area is 218 Å². The number of hydrogen-bond acceptors (Lipinski definition) is 5. The molecule has 37 heavy (non-hydrogen) atoms. The van der Waals surface area contributed by atoms with Gasteiger partial charge in [-0.25, -0.2) is 9.89 Å². The minimum Gasteiger partial charge on any atom is -0.389 e. The second kappa shape index (κ2) is 11.7. The predicted octanol–water partition coefficient (Wildman–Crippen LogP) is 4.16. The second-order valence-corrected chi connectivity index (χ2v) is 10.5. The lowest BCUT2D eigenvalue weighted by Crippen LogP contribution is -2.35. The van der Waals surface area contributed by atoms with Crippen LogP contribution in [0.3, 0.4) is 0 Å². The molecule has 5 rings (SSSR count). The van der Waals surface area contributed by atoms with Gasteiger partial charge in [-0.15, -0.1) is 5.10 Å². The van der Waals surface area contributed by atoms with Crippen LogP contribution in [0.4, 0.5) is 4.79 Å². The number of aliphatic hydroxyl groups excluding tert-OH is 1. The molecule has 1 aliphatic heterocycles. The lowest BCUT2D eigenvalue weighted by atomic mass is 9.94. The third kappa shape index (κ3) is 6.83. The molecule has 2 fully saturated rings. The number of tetrazole rings is 1. The van der Waals surface area contributed by atoms with Crippen LogP contribution >= 0.6 is 0 Å². The van der Waals surface area contributed by atoms with Gasteiger partial charge in [0.25, 0.3) is 0 Å². The minimum atomic E-state index is -0.581. The van der Waals surface area contributed by atoms with E-state index in [0.717, 1.165) is 49.2 Å². The predicted molar refractivity (Wildman–Crippen MR) is 141 cm³/mol. The fraction of sp³-hybridized carbons (Fsp3) is 0.448. The van der Waals surface area contributed by atoms with Crippen molar-refractivity contribution in [3.63, 3.8) is 0 Å². The van der Waals surface area contributed by atoms with Gasteiger partial charge in [-0.1, -0.05) is 72.8 Å². The Balaban J connectivity index is 1.20. The monoisotopic (exact) mass is 500 g/mol. The molecular weight excluding hydrogens is 464 g/mol. The maximum Gasteiger partial charge on any atom is 0.320 e. The Morgan fingerprint density at radius 2 is 1.78 bits per heavy atom. The number of rotatable bonds is 13. The van der Waals surface area contributed by atoms with E-state index in [4.69, 9.17) is 0 Å². The largest absolute Gasteiger partial charge is 0.389 e. The summed E-state index contributed by atoms with van der Waals surface area (Å²) in [5.41, 5.74) is 2.58. The smallest absolute Gasteiger partial charge is 0.320 e. The van der Waals surface area contributed by atoms with Crippen molar-refractivity contribution in [1.29, 1.82) is 0 Å². The van der Waals surface area contributed by atoms with Gasteiger partial charge in [-0.2, -0.15) is 0 Å². The van der Waals surface area contributed by atoms with Crippen molar-refractivity contribution in [2.75, 3.05) is 13.1 Å². The van der Waals surface area contributed by atoms with Gasteiger partial charge in [-0.3, -0.25) is 0 Å². The summed E-state index contributed by atoms with van der Waals surface area (Å²) in [4.78, 5) is 17.4. The zero-order chi connectivity index (χ0) is 25.5. The minimum absolute atomic E-state index is 0.0444. The number of carbonyl (C=O) groups excluding carboxylic acids is 1. The molecule has 0 radical (unpaired) electrons. The molecule has 1 saturated heterocycles. The number of nitrogens with one attached hydrogen (secondary N) is 1. The van der Waals surface area contributed by atoms with Crippen LogP contribution in [-0.4, -0.2) is 66.8 Å². The van der Waals surface area contributed by atoms with Crippen LogP contribution in [0.15, 0.2) is 72.8 Å². The number of aromatic nitrogens is 4. The fourth-order valence-electron chi connectivity index (χ4n) is 5.36. The number of hydrogen-bond donors (Lipinski definition) is 2. The highest BCUT2D eigenvalue weighted by Crippen LogP contribution is 2.53. The first-order valence-electron chi connectivity index (χ1n) is 13.3. The number of aromatic amines is 1. The van der Waals surface area contributed by atoms with Gasteiger partial charge in [0, 0.05) is 32.5 Å². The molecule has 2 aliphatic rings. The van der Waals surface area contributed by atoms with Gasteiger partial charge >= 0.3 is 6.03 Å². The Kier molecular flexibility index (Phi) is 7.94. The zero-order valence-corrected chi connectivity index (χ0v) is 21.2. The Hall–Kier alpha value is -3.52. The first kappa shape index (κ1) is 25.1. The Morgan fingerprint density at radius 1 is 1.05 bits per heavy atom. The van der Waals surface area contributed by atoms with E-state index in [2.05, 4.69) is 32.8 Å². The Bertz CT molecular complexity index is 1150. The van der Waals surface area contributed by atoms with Crippen molar-refractivity contribution >= 4 is 6.03 Å². The van der Waals surface area contributed by atoms with Crippen LogP contribution in [0.1, 0.15) is 49.1 Å². The number of amides is 2. The van der Waals surface area contributed by atoms with E-state index in [1.807, 2.05) is 70.5 Å². The lowest BCUT2D eigenvalue weighted by Gasteiger charge is -2.23. The van der Waals surface area contributed by atoms with E-state index in [1.165, 1.54) is 12.8 Å². The first-order valence-corrected chi connectivity index (χ1v) is 13.3. The van der Waals surface area contributed by atoms with Crippen LogP contribution < -0.4 is 0 Å². The van der Waals surface area contributed by atoms with Crippen LogP contribution in [0.5, 0.6) is 0 Å². The quantitative estimate of drug-likeness (QED) is 0.344. The zero-order valence-electron chi connectivity index (χ0n) is 21.2. The first-order chi connectivity index (χ1) is 18.1. The maximum absolute atomic E-state index is 13.4. The van der Waals surface area contributed by atoms with Crippen LogP contribution in [0, 0.1) is 5.41 Å². The number of benzene rings is 2. The molecule has 2 amide bonds. The number of H-pyrrole nitrogens is 1. The third-order valence-electron chi connectivity index (χ3n) is 7.73. The van der Waals surface area contributed by atoms with Gasteiger partial charge in [0.2, 0.25) is 0 Å². The van der Waals surface area contributed by atoms with Gasteiger partial charge < -0.3 is 14.9 Å². The highest BCUT2D eigenvalue weighted by atomic mass is 16.3.